The lowest BCUT2D eigenvalue weighted by Crippen LogP contribution is -2.28. The van der Waals surface area contributed by atoms with Crippen LogP contribution in [0.25, 0.3) is 55.3 Å². The van der Waals surface area contributed by atoms with Crippen LogP contribution in [0.5, 0.6) is 0 Å². The maximum Gasteiger partial charge on any atom is 0.0629 e. The minimum Gasteiger partial charge on any atom is -0.333 e. The van der Waals surface area contributed by atoms with Gasteiger partial charge in [-0.2, -0.15) is 0 Å². The van der Waals surface area contributed by atoms with E-state index in [-0.39, 0.29) is 0 Å². The summed E-state index contributed by atoms with van der Waals surface area (Å²) >= 11 is 0. The number of anilines is 5. The zero-order chi connectivity index (χ0) is 35.6. The SMILES string of the molecule is C1=CC2c3ccccc3N(c3ccc(-c4ccc(N(c5cccc(-c6ccccc6)c5)c5cc6c7c(cccc7c5)-c5ccccc5-6)cc4)cc3)C2C=C1. The second-order valence-corrected chi connectivity index (χ2v) is 14.5. The van der Waals surface area contributed by atoms with Crippen molar-refractivity contribution in [2.45, 2.75) is 12.0 Å². The third-order valence-corrected chi connectivity index (χ3v) is 11.5. The second kappa shape index (κ2) is 12.4. The molecule has 0 saturated carbocycles. The van der Waals surface area contributed by atoms with Gasteiger partial charge in [-0.25, -0.2) is 0 Å². The van der Waals surface area contributed by atoms with Crippen LogP contribution in [0.2, 0.25) is 0 Å². The highest BCUT2D eigenvalue weighted by atomic mass is 15.2. The van der Waals surface area contributed by atoms with E-state index in [0.717, 1.165) is 17.1 Å². The van der Waals surface area contributed by atoms with E-state index >= 15 is 0 Å². The molecule has 1 aliphatic heterocycles. The molecule has 3 aliphatic rings. The molecule has 0 aromatic heterocycles. The molecule has 54 heavy (non-hydrogen) atoms. The first-order valence-corrected chi connectivity index (χ1v) is 18.8. The van der Waals surface area contributed by atoms with Crippen molar-refractivity contribution in [3.8, 4) is 44.5 Å². The van der Waals surface area contributed by atoms with Crippen LogP contribution in [0, 0.1) is 0 Å². The van der Waals surface area contributed by atoms with Gasteiger partial charge in [-0.3, -0.25) is 0 Å². The standard InChI is InChI=1S/C52H36N2/c1-2-12-35(13-3-1)38-14-10-16-42(32-38)53(43-33-39-15-11-21-48-44-17-4-5-18-45(44)49(34-43)52(39)48)40-28-24-36(25-29-40)37-26-30-41(31-27-37)54-50-22-8-6-19-46(50)47-20-7-9-23-51(47)54/h1-34,46,50H. The molecule has 8 aromatic carbocycles. The highest BCUT2D eigenvalue weighted by Crippen LogP contribution is 2.51. The Balaban J connectivity index is 0.987. The smallest absolute Gasteiger partial charge is 0.0629 e. The molecule has 0 radical (unpaired) electrons. The van der Waals surface area contributed by atoms with Gasteiger partial charge in [0.25, 0.3) is 0 Å². The van der Waals surface area contributed by atoms with Crippen LogP contribution in [-0.4, -0.2) is 6.04 Å². The topological polar surface area (TPSA) is 6.48 Å². The molecular weight excluding hydrogens is 653 g/mol. The monoisotopic (exact) mass is 688 g/mol. The van der Waals surface area contributed by atoms with Gasteiger partial charge in [0, 0.05) is 34.4 Å². The van der Waals surface area contributed by atoms with Gasteiger partial charge >= 0.3 is 0 Å². The number of hydrogen-bond donors (Lipinski definition) is 0. The molecule has 2 nitrogen and oxygen atoms in total. The van der Waals surface area contributed by atoms with Crippen LogP contribution >= 0.6 is 0 Å². The Labute approximate surface area is 316 Å². The van der Waals surface area contributed by atoms with Gasteiger partial charge in [-0.1, -0.05) is 152 Å². The molecule has 0 spiro atoms. The number of hydrogen-bond acceptors (Lipinski definition) is 2. The fourth-order valence-electron chi connectivity index (χ4n) is 9.04. The van der Waals surface area contributed by atoms with Crippen molar-refractivity contribution < 1.29 is 0 Å². The van der Waals surface area contributed by atoms with Crippen molar-refractivity contribution in [1.82, 2.24) is 0 Å². The molecule has 2 atom stereocenters. The van der Waals surface area contributed by atoms with Crippen molar-refractivity contribution in [1.29, 1.82) is 0 Å². The zero-order valence-electron chi connectivity index (χ0n) is 29.7. The van der Waals surface area contributed by atoms with Gasteiger partial charge in [0.15, 0.2) is 0 Å². The lowest BCUT2D eigenvalue weighted by Gasteiger charge is -2.29. The number of allylic oxidation sites excluding steroid dienone is 2. The molecule has 0 amide bonds. The number of para-hydroxylation sites is 1. The summed E-state index contributed by atoms with van der Waals surface area (Å²) in [4.78, 5) is 4.90. The molecule has 254 valence electrons. The van der Waals surface area contributed by atoms with Crippen LogP contribution in [0.15, 0.2) is 206 Å². The molecule has 2 aliphatic carbocycles. The maximum atomic E-state index is 2.49. The molecule has 2 unspecified atom stereocenters. The lowest BCUT2D eigenvalue weighted by molar-refractivity contribution is 0.745. The van der Waals surface area contributed by atoms with Crippen molar-refractivity contribution in [2.24, 2.45) is 0 Å². The molecule has 1 heterocycles. The molecule has 0 bridgehead atoms. The summed E-state index contributed by atoms with van der Waals surface area (Å²) < 4.78 is 0. The Morgan fingerprint density at radius 1 is 0.407 bits per heavy atom. The normalized spacial score (nSPS) is 16.0. The number of nitrogens with zero attached hydrogens (tertiary/aromatic N) is 2. The average Bonchev–Trinajstić information content (AvgIpc) is 3.75. The van der Waals surface area contributed by atoms with Gasteiger partial charge < -0.3 is 9.80 Å². The van der Waals surface area contributed by atoms with Crippen LogP contribution < -0.4 is 9.80 Å². The zero-order valence-corrected chi connectivity index (χ0v) is 29.7. The van der Waals surface area contributed by atoms with Crippen molar-refractivity contribution in [2.75, 3.05) is 9.80 Å². The van der Waals surface area contributed by atoms with Gasteiger partial charge in [-0.15, -0.1) is 0 Å². The highest BCUT2D eigenvalue weighted by Gasteiger charge is 2.37. The number of benzene rings is 8. The van der Waals surface area contributed by atoms with Crippen molar-refractivity contribution in [3.63, 3.8) is 0 Å². The molecule has 0 fully saturated rings. The van der Waals surface area contributed by atoms with Crippen molar-refractivity contribution >= 4 is 39.2 Å². The summed E-state index contributed by atoms with van der Waals surface area (Å²) in [6.45, 7) is 0. The molecule has 2 heteroatoms. The van der Waals surface area contributed by atoms with E-state index in [1.807, 2.05) is 0 Å². The van der Waals surface area contributed by atoms with E-state index in [9.17, 15) is 0 Å². The summed E-state index contributed by atoms with van der Waals surface area (Å²) in [5, 5.41) is 2.59. The van der Waals surface area contributed by atoms with E-state index in [4.69, 9.17) is 0 Å². The first kappa shape index (κ1) is 30.7. The van der Waals surface area contributed by atoms with E-state index in [1.165, 1.54) is 72.2 Å². The number of rotatable bonds is 6. The third-order valence-electron chi connectivity index (χ3n) is 11.5. The van der Waals surface area contributed by atoms with Crippen LogP contribution in [0.4, 0.5) is 28.4 Å². The Morgan fingerprint density at radius 3 is 1.89 bits per heavy atom. The average molecular weight is 689 g/mol. The quantitative estimate of drug-likeness (QED) is 0.172. The van der Waals surface area contributed by atoms with Gasteiger partial charge in [0.2, 0.25) is 0 Å². The minimum atomic E-state index is 0.296. The Bertz CT molecular complexity index is 2780. The van der Waals surface area contributed by atoms with Crippen LogP contribution in [0.1, 0.15) is 11.5 Å². The van der Waals surface area contributed by atoms with Crippen LogP contribution in [0.3, 0.4) is 0 Å². The summed E-state index contributed by atoms with van der Waals surface area (Å²) in [5.41, 5.74) is 17.3. The molecule has 0 saturated heterocycles. The molecule has 8 aromatic rings. The lowest BCUT2D eigenvalue weighted by atomic mass is 9.91. The fourth-order valence-corrected chi connectivity index (χ4v) is 9.04. The summed E-state index contributed by atoms with van der Waals surface area (Å²) in [5.74, 6) is 0.378. The molecule has 0 N–H and O–H groups in total. The third kappa shape index (κ3) is 4.88. The highest BCUT2D eigenvalue weighted by molar-refractivity contribution is 6.16. The van der Waals surface area contributed by atoms with Gasteiger partial charge in [0.05, 0.1) is 6.04 Å². The maximum absolute atomic E-state index is 2.49. The van der Waals surface area contributed by atoms with Crippen molar-refractivity contribution in [3.05, 3.63) is 212 Å². The molecule has 11 rings (SSSR count). The van der Waals surface area contributed by atoms with E-state index in [0.29, 0.717) is 12.0 Å². The summed E-state index contributed by atoms with van der Waals surface area (Å²) in [6, 6.07) is 67.1. The molecular formula is C52H36N2. The second-order valence-electron chi connectivity index (χ2n) is 14.5. The predicted molar refractivity (Wildman–Crippen MR) is 227 cm³/mol. The Kier molecular flexibility index (Phi) is 7.03. The fraction of sp³-hybridized carbons (Fsp3) is 0.0385. The first-order valence-electron chi connectivity index (χ1n) is 18.8. The summed E-state index contributed by atoms with van der Waals surface area (Å²) in [6.07, 6.45) is 9.03. The Morgan fingerprint density at radius 2 is 1.06 bits per heavy atom. The minimum absolute atomic E-state index is 0.296. The Hall–Kier alpha value is -6.90. The van der Waals surface area contributed by atoms with Crippen LogP contribution in [-0.2, 0) is 0 Å². The summed E-state index contributed by atoms with van der Waals surface area (Å²) in [7, 11) is 0. The first-order chi connectivity index (χ1) is 26.8. The predicted octanol–water partition coefficient (Wildman–Crippen LogP) is 14.0. The van der Waals surface area contributed by atoms with E-state index in [2.05, 4.69) is 216 Å². The van der Waals surface area contributed by atoms with Gasteiger partial charge in [-0.05, 0) is 115 Å². The van der Waals surface area contributed by atoms with E-state index in [1.54, 1.807) is 0 Å². The number of fused-ring (bicyclic) bond motifs is 6. The van der Waals surface area contributed by atoms with Gasteiger partial charge in [0.1, 0.15) is 0 Å². The van der Waals surface area contributed by atoms with E-state index < -0.39 is 0 Å². The largest absolute Gasteiger partial charge is 0.333 e.